The zero-order valence-corrected chi connectivity index (χ0v) is 12.6. The summed E-state index contributed by atoms with van der Waals surface area (Å²) in [6.07, 6.45) is 4.71. The van der Waals surface area contributed by atoms with E-state index in [0.717, 1.165) is 6.42 Å². The molecule has 0 aliphatic heterocycles. The first kappa shape index (κ1) is 13.7. The number of hydrogen-bond acceptors (Lipinski definition) is 4. The second-order valence-corrected chi connectivity index (χ2v) is 6.61. The minimum absolute atomic E-state index is 0.548. The van der Waals surface area contributed by atoms with Crippen LogP contribution in [0.25, 0.3) is 0 Å². The highest BCUT2D eigenvalue weighted by molar-refractivity contribution is 7.10. The lowest BCUT2D eigenvalue weighted by molar-refractivity contribution is 0.499. The first-order valence-corrected chi connectivity index (χ1v) is 8.14. The third kappa shape index (κ3) is 4.19. The van der Waals surface area contributed by atoms with E-state index in [2.05, 4.69) is 47.2 Å². The van der Waals surface area contributed by atoms with Gasteiger partial charge in [-0.05, 0) is 44.7 Å². The van der Waals surface area contributed by atoms with Gasteiger partial charge in [0.05, 0.1) is 10.7 Å². The summed E-state index contributed by atoms with van der Waals surface area (Å²) in [5.74, 6) is 0. The second kappa shape index (κ2) is 7.02. The maximum atomic E-state index is 4.54. The fraction of sp³-hybridized carbons (Fsp3) is 0.500. The van der Waals surface area contributed by atoms with Gasteiger partial charge < -0.3 is 5.32 Å². The molecular formula is C14H20N2S2. The van der Waals surface area contributed by atoms with Crippen molar-refractivity contribution >= 4 is 22.7 Å². The Labute approximate surface area is 117 Å². The van der Waals surface area contributed by atoms with Gasteiger partial charge in [0.1, 0.15) is 0 Å². The van der Waals surface area contributed by atoms with Gasteiger partial charge in [0.15, 0.2) is 0 Å². The lowest BCUT2D eigenvalue weighted by Crippen LogP contribution is -2.27. The van der Waals surface area contributed by atoms with Gasteiger partial charge in [0.25, 0.3) is 0 Å². The van der Waals surface area contributed by atoms with Gasteiger partial charge in [0, 0.05) is 22.7 Å². The van der Waals surface area contributed by atoms with E-state index in [-0.39, 0.29) is 0 Å². The normalized spacial score (nSPS) is 12.8. The zero-order chi connectivity index (χ0) is 12.8. The van der Waals surface area contributed by atoms with E-state index in [1.165, 1.54) is 34.8 Å². The van der Waals surface area contributed by atoms with Crippen molar-refractivity contribution < 1.29 is 0 Å². The van der Waals surface area contributed by atoms with Crippen molar-refractivity contribution in [3.8, 4) is 0 Å². The molecule has 4 heteroatoms. The molecule has 18 heavy (non-hydrogen) atoms. The van der Waals surface area contributed by atoms with Gasteiger partial charge in [0.2, 0.25) is 0 Å². The zero-order valence-electron chi connectivity index (χ0n) is 11.0. The van der Waals surface area contributed by atoms with Crippen LogP contribution < -0.4 is 5.32 Å². The van der Waals surface area contributed by atoms with E-state index in [4.69, 9.17) is 0 Å². The quantitative estimate of drug-likeness (QED) is 0.837. The van der Waals surface area contributed by atoms with Crippen LogP contribution in [-0.2, 0) is 12.8 Å². The first-order chi connectivity index (χ1) is 8.78. The number of aryl methyl sites for hydroxylation is 2. The molecule has 2 aromatic rings. The Kier molecular flexibility index (Phi) is 5.35. The lowest BCUT2D eigenvalue weighted by atomic mass is 10.0. The Morgan fingerprint density at radius 3 is 2.89 bits per heavy atom. The summed E-state index contributed by atoms with van der Waals surface area (Å²) in [5, 5.41) is 8.91. The van der Waals surface area contributed by atoms with Crippen LogP contribution in [-0.4, -0.2) is 18.1 Å². The van der Waals surface area contributed by atoms with Crippen molar-refractivity contribution in [2.24, 2.45) is 0 Å². The predicted octanol–water partition coefficient (Wildman–Crippen LogP) is 3.67. The number of nitrogens with zero attached hydrogens (tertiary/aromatic N) is 1. The third-order valence-corrected chi connectivity index (χ3v) is 4.84. The van der Waals surface area contributed by atoms with E-state index in [1.54, 1.807) is 11.3 Å². The molecule has 1 N–H and O–H groups in total. The molecule has 0 aliphatic carbocycles. The van der Waals surface area contributed by atoms with Crippen LogP contribution in [0, 0.1) is 6.92 Å². The molecule has 1 atom stereocenters. The molecule has 0 saturated carbocycles. The minimum Gasteiger partial charge on any atom is -0.317 e. The maximum Gasteiger partial charge on any atom is 0.0897 e. The van der Waals surface area contributed by atoms with Crippen molar-refractivity contribution in [1.82, 2.24) is 10.3 Å². The van der Waals surface area contributed by atoms with Crippen LogP contribution >= 0.6 is 22.7 Å². The molecule has 2 aromatic heterocycles. The summed E-state index contributed by atoms with van der Waals surface area (Å²) in [6.45, 7) is 2.07. The van der Waals surface area contributed by atoms with E-state index in [9.17, 15) is 0 Å². The molecule has 0 aromatic carbocycles. The minimum atomic E-state index is 0.548. The number of rotatable bonds is 7. The Hall–Kier alpha value is -0.710. The molecule has 2 rings (SSSR count). The molecular weight excluding hydrogens is 260 g/mol. The molecule has 2 nitrogen and oxygen atoms in total. The third-order valence-electron chi connectivity index (χ3n) is 3.09. The lowest BCUT2D eigenvalue weighted by Gasteiger charge is -2.14. The fourth-order valence-electron chi connectivity index (χ4n) is 2.08. The van der Waals surface area contributed by atoms with Gasteiger partial charge in [-0.25, -0.2) is 4.98 Å². The van der Waals surface area contributed by atoms with Crippen LogP contribution in [0.3, 0.4) is 0 Å². The Bertz CT molecular complexity index is 448. The van der Waals surface area contributed by atoms with Crippen LogP contribution in [0.4, 0.5) is 0 Å². The van der Waals surface area contributed by atoms with Gasteiger partial charge in [-0.2, -0.15) is 0 Å². The molecule has 0 radical (unpaired) electrons. The second-order valence-electron chi connectivity index (χ2n) is 4.52. The number of likely N-dealkylation sites (N-methyl/N-ethyl adjacent to an activating group) is 1. The molecule has 1 unspecified atom stereocenters. The molecule has 0 saturated heterocycles. The van der Waals surface area contributed by atoms with Crippen molar-refractivity contribution in [3.05, 3.63) is 38.5 Å². The standard InChI is InChI=1S/C14H20N2S2/c1-11-16-13(10-18-11)9-12(15-2)5-3-6-14-7-4-8-17-14/h4,7-8,10,12,15H,3,5-6,9H2,1-2H3. The summed E-state index contributed by atoms with van der Waals surface area (Å²) in [5.41, 5.74) is 1.23. The Balaban J connectivity index is 1.75. The van der Waals surface area contributed by atoms with Crippen molar-refractivity contribution in [2.45, 2.75) is 38.6 Å². The summed E-state index contributed by atoms with van der Waals surface area (Å²) >= 11 is 3.60. The highest BCUT2D eigenvalue weighted by Gasteiger charge is 2.09. The molecule has 0 bridgehead atoms. The first-order valence-electron chi connectivity index (χ1n) is 6.38. The van der Waals surface area contributed by atoms with E-state index in [1.807, 2.05) is 11.3 Å². The number of thiophene rings is 1. The van der Waals surface area contributed by atoms with Crippen molar-refractivity contribution in [1.29, 1.82) is 0 Å². The smallest absolute Gasteiger partial charge is 0.0897 e. The van der Waals surface area contributed by atoms with Gasteiger partial charge in [-0.15, -0.1) is 22.7 Å². The number of hydrogen-bond donors (Lipinski definition) is 1. The fourth-order valence-corrected chi connectivity index (χ4v) is 3.46. The van der Waals surface area contributed by atoms with Crippen molar-refractivity contribution in [3.63, 3.8) is 0 Å². The number of thiazole rings is 1. The van der Waals surface area contributed by atoms with Gasteiger partial charge >= 0.3 is 0 Å². The SMILES string of the molecule is CNC(CCCc1cccs1)Cc1csc(C)n1. The highest BCUT2D eigenvalue weighted by Crippen LogP contribution is 2.15. The van der Waals surface area contributed by atoms with E-state index in [0.29, 0.717) is 6.04 Å². The summed E-state index contributed by atoms with van der Waals surface area (Å²) in [6, 6.07) is 4.91. The van der Waals surface area contributed by atoms with E-state index >= 15 is 0 Å². The van der Waals surface area contributed by atoms with Gasteiger partial charge in [-0.3, -0.25) is 0 Å². The predicted molar refractivity (Wildman–Crippen MR) is 80.7 cm³/mol. The maximum absolute atomic E-state index is 4.54. The van der Waals surface area contributed by atoms with E-state index < -0.39 is 0 Å². The topological polar surface area (TPSA) is 24.9 Å². The number of aromatic nitrogens is 1. The van der Waals surface area contributed by atoms with Crippen LogP contribution in [0.1, 0.15) is 28.4 Å². The summed E-state index contributed by atoms with van der Waals surface area (Å²) in [4.78, 5) is 6.03. The van der Waals surface area contributed by atoms with Crippen molar-refractivity contribution in [2.75, 3.05) is 7.05 Å². The van der Waals surface area contributed by atoms with Crippen LogP contribution in [0.2, 0.25) is 0 Å². The Morgan fingerprint density at radius 2 is 2.28 bits per heavy atom. The molecule has 0 fully saturated rings. The molecule has 0 amide bonds. The van der Waals surface area contributed by atoms with Crippen LogP contribution in [0.5, 0.6) is 0 Å². The monoisotopic (exact) mass is 280 g/mol. The molecule has 2 heterocycles. The molecule has 0 spiro atoms. The number of nitrogens with one attached hydrogen (secondary N) is 1. The largest absolute Gasteiger partial charge is 0.317 e. The average Bonchev–Trinajstić information content (AvgIpc) is 3.00. The summed E-state index contributed by atoms with van der Waals surface area (Å²) < 4.78 is 0. The molecule has 98 valence electrons. The molecule has 0 aliphatic rings. The van der Waals surface area contributed by atoms with Crippen LogP contribution in [0.15, 0.2) is 22.9 Å². The van der Waals surface area contributed by atoms with Gasteiger partial charge in [-0.1, -0.05) is 6.07 Å². The summed E-state index contributed by atoms with van der Waals surface area (Å²) in [7, 11) is 2.05. The Morgan fingerprint density at radius 1 is 1.39 bits per heavy atom. The average molecular weight is 280 g/mol. The highest BCUT2D eigenvalue weighted by atomic mass is 32.1.